The zero-order valence-electron chi connectivity index (χ0n) is 17.1. The first-order valence-electron chi connectivity index (χ1n) is 9.56. The van der Waals surface area contributed by atoms with E-state index in [1.165, 1.54) is 11.3 Å². The molecule has 27 heavy (non-hydrogen) atoms. The Kier molecular flexibility index (Phi) is 10.3. The van der Waals surface area contributed by atoms with E-state index >= 15 is 0 Å². The van der Waals surface area contributed by atoms with Crippen LogP contribution in [0.2, 0.25) is 0 Å². The first-order valence-corrected chi connectivity index (χ1v) is 9.56. The molecule has 0 aliphatic carbocycles. The molecule has 0 unspecified atom stereocenters. The number of aliphatic imine (C=N–C) groups is 1. The van der Waals surface area contributed by atoms with Crippen molar-refractivity contribution in [3.63, 3.8) is 0 Å². The van der Waals surface area contributed by atoms with Crippen LogP contribution in [0.1, 0.15) is 50.5 Å². The molecule has 0 aromatic carbocycles. The molecule has 0 aliphatic rings. The summed E-state index contributed by atoms with van der Waals surface area (Å²) in [6.07, 6.45) is 4.55. The van der Waals surface area contributed by atoms with Gasteiger partial charge < -0.3 is 15.2 Å². The average Bonchev–Trinajstić information content (AvgIpc) is 3.22. The minimum atomic E-state index is 0. The summed E-state index contributed by atoms with van der Waals surface area (Å²) >= 11 is 0. The summed E-state index contributed by atoms with van der Waals surface area (Å²) in [5.74, 6) is 1.83. The summed E-state index contributed by atoms with van der Waals surface area (Å²) in [4.78, 5) is 4.78. The first-order chi connectivity index (χ1) is 12.6. The monoisotopic (exact) mass is 488 g/mol. The van der Waals surface area contributed by atoms with Crippen LogP contribution < -0.4 is 10.6 Å². The zero-order valence-corrected chi connectivity index (χ0v) is 19.4. The number of aryl methyl sites for hydroxylation is 3. The molecule has 0 radical (unpaired) electrons. The van der Waals surface area contributed by atoms with Crippen LogP contribution in [0, 0.1) is 0 Å². The molecule has 2 N–H and O–H groups in total. The molecule has 0 saturated carbocycles. The molecular weight excluding hydrogens is 455 g/mol. The SMILES string of the molecule is CCNC(=NCc1c(CC)nn(C)c1CC)NCCn1cnnc1CC.I. The fourth-order valence-corrected chi connectivity index (χ4v) is 3.11. The molecule has 0 amide bonds. The van der Waals surface area contributed by atoms with Crippen LogP contribution in [0.4, 0.5) is 0 Å². The molecule has 2 aromatic heterocycles. The Morgan fingerprint density at radius 3 is 2.52 bits per heavy atom. The lowest BCUT2D eigenvalue weighted by Gasteiger charge is -2.12. The predicted molar refractivity (Wildman–Crippen MR) is 120 cm³/mol. The van der Waals surface area contributed by atoms with E-state index < -0.39 is 0 Å². The van der Waals surface area contributed by atoms with Crippen molar-refractivity contribution in [1.82, 2.24) is 35.2 Å². The summed E-state index contributed by atoms with van der Waals surface area (Å²) in [6.45, 7) is 11.5. The average molecular weight is 488 g/mol. The van der Waals surface area contributed by atoms with Crippen molar-refractivity contribution in [2.24, 2.45) is 12.0 Å². The third kappa shape index (κ3) is 6.18. The number of halogens is 1. The molecular formula is C18H33IN8. The smallest absolute Gasteiger partial charge is 0.191 e. The van der Waals surface area contributed by atoms with Crippen molar-refractivity contribution in [2.75, 3.05) is 13.1 Å². The highest BCUT2D eigenvalue weighted by Gasteiger charge is 2.13. The molecule has 2 rings (SSSR count). The van der Waals surface area contributed by atoms with Crippen LogP contribution in [0.5, 0.6) is 0 Å². The zero-order chi connectivity index (χ0) is 18.9. The number of nitrogens with one attached hydrogen (secondary N) is 2. The van der Waals surface area contributed by atoms with Gasteiger partial charge in [-0.3, -0.25) is 4.68 Å². The Morgan fingerprint density at radius 1 is 1.11 bits per heavy atom. The molecule has 0 atom stereocenters. The van der Waals surface area contributed by atoms with Gasteiger partial charge in [0.2, 0.25) is 0 Å². The molecule has 2 heterocycles. The number of rotatable bonds is 9. The van der Waals surface area contributed by atoms with Gasteiger partial charge in [0.15, 0.2) is 5.96 Å². The van der Waals surface area contributed by atoms with Crippen molar-refractivity contribution in [2.45, 2.75) is 60.0 Å². The maximum atomic E-state index is 4.78. The summed E-state index contributed by atoms with van der Waals surface area (Å²) in [6, 6.07) is 0. The maximum Gasteiger partial charge on any atom is 0.191 e. The number of hydrogen-bond acceptors (Lipinski definition) is 4. The maximum absolute atomic E-state index is 4.78. The van der Waals surface area contributed by atoms with E-state index in [2.05, 4.69) is 58.2 Å². The van der Waals surface area contributed by atoms with Gasteiger partial charge in [-0.1, -0.05) is 20.8 Å². The summed E-state index contributed by atoms with van der Waals surface area (Å²) in [5.41, 5.74) is 3.65. The summed E-state index contributed by atoms with van der Waals surface area (Å²) in [7, 11) is 2.01. The van der Waals surface area contributed by atoms with Gasteiger partial charge in [0, 0.05) is 44.4 Å². The number of guanidine groups is 1. The molecule has 0 aliphatic heterocycles. The molecule has 0 spiro atoms. The summed E-state index contributed by atoms with van der Waals surface area (Å²) < 4.78 is 4.06. The third-order valence-electron chi connectivity index (χ3n) is 4.42. The minimum absolute atomic E-state index is 0. The Hall–Kier alpha value is -1.65. The standard InChI is InChI=1S/C18H32N8.HI/c1-6-15-14(16(7-2)25(5)24-15)12-21-18(19-9-4)20-10-11-26-13-22-23-17(26)8-3;/h13H,6-12H2,1-5H3,(H2,19,20,21);1H. The van der Waals surface area contributed by atoms with Crippen molar-refractivity contribution < 1.29 is 0 Å². The highest BCUT2D eigenvalue weighted by Crippen LogP contribution is 2.16. The molecule has 152 valence electrons. The van der Waals surface area contributed by atoms with Gasteiger partial charge in [-0.15, -0.1) is 34.2 Å². The molecule has 0 bridgehead atoms. The lowest BCUT2D eigenvalue weighted by atomic mass is 10.1. The van der Waals surface area contributed by atoms with E-state index in [0.29, 0.717) is 6.54 Å². The van der Waals surface area contributed by atoms with Crippen molar-refractivity contribution in [3.8, 4) is 0 Å². The fourth-order valence-electron chi connectivity index (χ4n) is 3.11. The first kappa shape index (κ1) is 23.4. The van der Waals surface area contributed by atoms with Crippen LogP contribution in [-0.4, -0.2) is 43.6 Å². The van der Waals surface area contributed by atoms with Crippen molar-refractivity contribution >= 4 is 29.9 Å². The fraction of sp³-hybridized carbons (Fsp3) is 0.667. The predicted octanol–water partition coefficient (Wildman–Crippen LogP) is 2.07. The highest BCUT2D eigenvalue weighted by atomic mass is 127. The second-order valence-corrected chi connectivity index (χ2v) is 6.12. The molecule has 0 fully saturated rings. The third-order valence-corrected chi connectivity index (χ3v) is 4.42. The Morgan fingerprint density at radius 2 is 1.89 bits per heavy atom. The molecule has 2 aromatic rings. The van der Waals surface area contributed by atoms with Crippen molar-refractivity contribution in [3.05, 3.63) is 29.1 Å². The van der Waals surface area contributed by atoms with Crippen molar-refractivity contribution in [1.29, 1.82) is 0 Å². The second kappa shape index (κ2) is 11.9. The summed E-state index contributed by atoms with van der Waals surface area (Å²) in [5, 5.41) is 19.4. The van der Waals surface area contributed by atoms with Gasteiger partial charge in [-0.05, 0) is 19.8 Å². The Balaban J connectivity index is 0.00000364. The second-order valence-electron chi connectivity index (χ2n) is 6.12. The molecule has 8 nitrogen and oxygen atoms in total. The van der Waals surface area contributed by atoms with Crippen LogP contribution >= 0.6 is 24.0 Å². The highest BCUT2D eigenvalue weighted by molar-refractivity contribution is 14.0. The van der Waals surface area contributed by atoms with E-state index in [4.69, 9.17) is 4.99 Å². The van der Waals surface area contributed by atoms with Gasteiger partial charge in [0.1, 0.15) is 12.2 Å². The van der Waals surface area contributed by atoms with E-state index in [1.54, 1.807) is 6.33 Å². The van der Waals surface area contributed by atoms with Gasteiger partial charge >= 0.3 is 0 Å². The lowest BCUT2D eigenvalue weighted by molar-refractivity contribution is 0.632. The van der Waals surface area contributed by atoms with Crippen LogP contribution in [0.25, 0.3) is 0 Å². The van der Waals surface area contributed by atoms with Gasteiger partial charge in [0.25, 0.3) is 0 Å². The van der Waals surface area contributed by atoms with E-state index in [-0.39, 0.29) is 24.0 Å². The van der Waals surface area contributed by atoms with E-state index in [1.807, 2.05) is 11.7 Å². The van der Waals surface area contributed by atoms with Crippen LogP contribution in [-0.2, 0) is 39.4 Å². The number of nitrogens with zero attached hydrogens (tertiary/aromatic N) is 6. The van der Waals surface area contributed by atoms with Crippen LogP contribution in [0.3, 0.4) is 0 Å². The van der Waals surface area contributed by atoms with Gasteiger partial charge in [-0.25, -0.2) is 4.99 Å². The van der Waals surface area contributed by atoms with E-state index in [9.17, 15) is 0 Å². The quantitative estimate of drug-likeness (QED) is 0.321. The van der Waals surface area contributed by atoms with Gasteiger partial charge in [0.05, 0.1) is 12.2 Å². The molecule has 9 heteroatoms. The normalized spacial score (nSPS) is 11.4. The lowest BCUT2D eigenvalue weighted by Crippen LogP contribution is -2.39. The molecule has 0 saturated heterocycles. The number of aromatic nitrogens is 5. The van der Waals surface area contributed by atoms with Crippen LogP contribution in [0.15, 0.2) is 11.3 Å². The van der Waals surface area contributed by atoms with Gasteiger partial charge in [-0.2, -0.15) is 5.10 Å². The minimum Gasteiger partial charge on any atom is -0.357 e. The largest absolute Gasteiger partial charge is 0.357 e. The van der Waals surface area contributed by atoms with E-state index in [0.717, 1.165) is 56.4 Å². The topological polar surface area (TPSA) is 85.0 Å². The number of hydrogen-bond donors (Lipinski definition) is 2. The Labute approximate surface area is 179 Å². The Bertz CT molecular complexity index is 719.